The summed E-state index contributed by atoms with van der Waals surface area (Å²) in [4.78, 5) is 11.9. The lowest BCUT2D eigenvalue weighted by molar-refractivity contribution is 0.0955. The number of halogens is 3. The van der Waals surface area contributed by atoms with Gasteiger partial charge in [-0.15, -0.1) is 0 Å². The van der Waals surface area contributed by atoms with E-state index in [1.807, 2.05) is 6.92 Å². The van der Waals surface area contributed by atoms with Crippen LogP contribution in [-0.2, 0) is 0 Å². The van der Waals surface area contributed by atoms with Crippen LogP contribution in [0.4, 0.5) is 0 Å². The zero-order valence-electron chi connectivity index (χ0n) is 12.1. The highest BCUT2D eigenvalue weighted by molar-refractivity contribution is 6.37. The molecule has 0 aliphatic heterocycles. The van der Waals surface area contributed by atoms with E-state index in [9.17, 15) is 4.79 Å². The van der Waals surface area contributed by atoms with Crippen LogP contribution in [0.15, 0.2) is 41.5 Å². The minimum absolute atomic E-state index is 0.342. The standard InChI is InChI=1S/C16H13Cl3N2O2/c1-2-23-15-13(18)7-10(8-14(15)19)9-20-21-16(22)11-5-3-4-6-12(11)17/h3-9H,2H2,1H3,(H,21,22)/b20-9-. The molecule has 23 heavy (non-hydrogen) atoms. The Morgan fingerprint density at radius 1 is 1.17 bits per heavy atom. The molecule has 0 atom stereocenters. The van der Waals surface area contributed by atoms with Crippen molar-refractivity contribution in [2.75, 3.05) is 6.61 Å². The fraction of sp³-hybridized carbons (Fsp3) is 0.125. The highest BCUT2D eigenvalue weighted by Crippen LogP contribution is 2.33. The number of carbonyl (C=O) groups is 1. The lowest BCUT2D eigenvalue weighted by atomic mass is 10.2. The number of hydrogen-bond acceptors (Lipinski definition) is 3. The molecule has 0 aliphatic rings. The topological polar surface area (TPSA) is 50.7 Å². The summed E-state index contributed by atoms with van der Waals surface area (Å²) in [7, 11) is 0. The van der Waals surface area contributed by atoms with Crippen molar-refractivity contribution >= 4 is 46.9 Å². The predicted molar refractivity (Wildman–Crippen MR) is 94.1 cm³/mol. The summed E-state index contributed by atoms with van der Waals surface area (Å²) in [5.74, 6) is 0.0167. The maximum atomic E-state index is 11.9. The SMILES string of the molecule is CCOc1c(Cl)cc(/C=N\NC(=O)c2ccccc2Cl)cc1Cl. The summed E-state index contributed by atoms with van der Waals surface area (Å²) >= 11 is 18.1. The van der Waals surface area contributed by atoms with Crippen LogP contribution in [0.5, 0.6) is 5.75 Å². The first-order chi connectivity index (χ1) is 11.0. The van der Waals surface area contributed by atoms with Crippen molar-refractivity contribution < 1.29 is 9.53 Å². The third kappa shape index (κ3) is 4.61. The van der Waals surface area contributed by atoms with Gasteiger partial charge in [0, 0.05) is 0 Å². The molecule has 0 radical (unpaired) electrons. The van der Waals surface area contributed by atoms with Crippen LogP contribution < -0.4 is 10.2 Å². The largest absolute Gasteiger partial charge is 0.491 e. The summed E-state index contributed by atoms with van der Waals surface area (Å²) in [6.45, 7) is 2.30. The van der Waals surface area contributed by atoms with Crippen LogP contribution in [0.1, 0.15) is 22.8 Å². The van der Waals surface area contributed by atoms with E-state index in [-0.39, 0.29) is 0 Å². The molecule has 0 aromatic heterocycles. The highest BCUT2D eigenvalue weighted by Gasteiger charge is 2.09. The van der Waals surface area contributed by atoms with Crippen LogP contribution in [0.25, 0.3) is 0 Å². The number of hydrazone groups is 1. The normalized spacial score (nSPS) is 10.8. The zero-order chi connectivity index (χ0) is 16.8. The minimum atomic E-state index is -0.407. The molecule has 0 unspecified atom stereocenters. The number of ether oxygens (including phenoxy) is 1. The second kappa shape index (κ2) is 8.20. The van der Waals surface area contributed by atoms with E-state index in [2.05, 4.69) is 10.5 Å². The molecule has 2 aromatic rings. The quantitative estimate of drug-likeness (QED) is 0.606. The van der Waals surface area contributed by atoms with Crippen molar-refractivity contribution in [3.63, 3.8) is 0 Å². The van der Waals surface area contributed by atoms with Crippen LogP contribution in [0.3, 0.4) is 0 Å². The predicted octanol–water partition coefficient (Wildman–Crippen LogP) is 4.81. The van der Waals surface area contributed by atoms with E-state index < -0.39 is 5.91 Å². The summed E-state index contributed by atoms with van der Waals surface area (Å²) in [5, 5.41) is 4.98. The Morgan fingerprint density at radius 2 is 1.83 bits per heavy atom. The van der Waals surface area contributed by atoms with Crippen molar-refractivity contribution in [3.05, 3.63) is 62.6 Å². The molecule has 4 nitrogen and oxygen atoms in total. The fourth-order valence-electron chi connectivity index (χ4n) is 1.81. The number of carbonyl (C=O) groups excluding carboxylic acids is 1. The average Bonchev–Trinajstić information content (AvgIpc) is 2.51. The first-order valence-corrected chi connectivity index (χ1v) is 7.86. The van der Waals surface area contributed by atoms with E-state index in [1.165, 1.54) is 6.21 Å². The molecule has 0 fully saturated rings. The lowest BCUT2D eigenvalue weighted by Crippen LogP contribution is -2.17. The molecule has 0 saturated carbocycles. The van der Waals surface area contributed by atoms with Gasteiger partial charge in [-0.2, -0.15) is 5.10 Å². The number of nitrogens with zero attached hydrogens (tertiary/aromatic N) is 1. The molecule has 2 rings (SSSR count). The molecule has 1 amide bonds. The number of benzene rings is 2. The van der Waals surface area contributed by atoms with Crippen molar-refractivity contribution in [2.45, 2.75) is 6.92 Å². The minimum Gasteiger partial charge on any atom is -0.491 e. The Morgan fingerprint density at radius 3 is 2.43 bits per heavy atom. The molecule has 0 spiro atoms. The van der Waals surface area contributed by atoms with Gasteiger partial charge in [-0.25, -0.2) is 5.43 Å². The number of hydrogen-bond donors (Lipinski definition) is 1. The van der Waals surface area contributed by atoms with Crippen LogP contribution >= 0.6 is 34.8 Å². The first-order valence-electron chi connectivity index (χ1n) is 6.72. The highest BCUT2D eigenvalue weighted by atomic mass is 35.5. The fourth-order valence-corrected chi connectivity index (χ4v) is 2.64. The Bertz CT molecular complexity index is 725. The van der Waals surface area contributed by atoms with Crippen molar-refractivity contribution in [1.29, 1.82) is 0 Å². The summed E-state index contributed by atoms with van der Waals surface area (Å²) in [6, 6.07) is 9.99. The van der Waals surface area contributed by atoms with E-state index in [0.29, 0.717) is 38.6 Å². The Balaban J connectivity index is 2.09. The van der Waals surface area contributed by atoms with Gasteiger partial charge in [0.1, 0.15) is 0 Å². The van der Waals surface area contributed by atoms with E-state index in [4.69, 9.17) is 39.5 Å². The molecule has 120 valence electrons. The third-order valence-electron chi connectivity index (χ3n) is 2.81. The molecular weight excluding hydrogens is 359 g/mol. The maximum absolute atomic E-state index is 11.9. The third-order valence-corrected chi connectivity index (χ3v) is 3.70. The van der Waals surface area contributed by atoms with Crippen LogP contribution in [-0.4, -0.2) is 18.7 Å². The Hall–Kier alpha value is -1.75. The van der Waals surface area contributed by atoms with Gasteiger partial charge < -0.3 is 4.74 Å². The first kappa shape index (κ1) is 17.6. The number of amides is 1. The average molecular weight is 372 g/mol. The molecule has 2 aromatic carbocycles. The van der Waals surface area contributed by atoms with E-state index >= 15 is 0 Å². The summed E-state index contributed by atoms with van der Waals surface area (Å²) < 4.78 is 5.34. The maximum Gasteiger partial charge on any atom is 0.272 e. The van der Waals surface area contributed by atoms with Gasteiger partial charge >= 0.3 is 0 Å². The molecule has 1 N–H and O–H groups in total. The van der Waals surface area contributed by atoms with E-state index in [1.54, 1.807) is 36.4 Å². The van der Waals surface area contributed by atoms with Gasteiger partial charge in [0.05, 0.1) is 33.5 Å². The molecule has 0 aliphatic carbocycles. The second-order valence-electron chi connectivity index (χ2n) is 4.43. The lowest BCUT2D eigenvalue weighted by Gasteiger charge is -2.08. The monoisotopic (exact) mass is 370 g/mol. The van der Waals surface area contributed by atoms with Crippen molar-refractivity contribution in [3.8, 4) is 5.75 Å². The van der Waals surface area contributed by atoms with Gasteiger partial charge in [-0.1, -0.05) is 46.9 Å². The van der Waals surface area contributed by atoms with Crippen molar-refractivity contribution in [1.82, 2.24) is 5.43 Å². The van der Waals surface area contributed by atoms with Crippen LogP contribution in [0.2, 0.25) is 15.1 Å². The summed E-state index contributed by atoms with van der Waals surface area (Å²) in [5.41, 5.74) is 3.37. The second-order valence-corrected chi connectivity index (χ2v) is 5.65. The van der Waals surface area contributed by atoms with Gasteiger partial charge in [-0.05, 0) is 36.8 Å². The molecule has 0 bridgehead atoms. The Labute approximate surface area is 149 Å². The van der Waals surface area contributed by atoms with Gasteiger partial charge in [0.25, 0.3) is 5.91 Å². The van der Waals surface area contributed by atoms with Crippen molar-refractivity contribution in [2.24, 2.45) is 5.10 Å². The Kier molecular flexibility index (Phi) is 6.28. The summed E-state index contributed by atoms with van der Waals surface area (Å²) in [6.07, 6.45) is 1.43. The number of rotatable bonds is 5. The molecule has 0 saturated heterocycles. The van der Waals surface area contributed by atoms with Gasteiger partial charge in [-0.3, -0.25) is 4.79 Å². The molecular formula is C16H13Cl3N2O2. The molecule has 7 heteroatoms. The number of nitrogens with one attached hydrogen (secondary N) is 1. The van der Waals surface area contributed by atoms with Gasteiger partial charge in [0.15, 0.2) is 5.75 Å². The van der Waals surface area contributed by atoms with Crippen LogP contribution in [0, 0.1) is 0 Å². The smallest absolute Gasteiger partial charge is 0.272 e. The van der Waals surface area contributed by atoms with Gasteiger partial charge in [0.2, 0.25) is 0 Å². The zero-order valence-corrected chi connectivity index (χ0v) is 14.4. The molecule has 0 heterocycles. The van der Waals surface area contributed by atoms with E-state index in [0.717, 1.165) is 0 Å².